The number of nitrogens with zero attached hydrogens (tertiary/aromatic N) is 5. The molecule has 3 aromatic rings. The third-order valence-electron chi connectivity index (χ3n) is 3.29. The first-order valence-corrected chi connectivity index (χ1v) is 6.94. The van der Waals surface area contributed by atoms with Gasteiger partial charge in [-0.05, 0) is 26.0 Å². The summed E-state index contributed by atoms with van der Waals surface area (Å²) in [6.45, 7) is 3.92. The van der Waals surface area contributed by atoms with Gasteiger partial charge in [0.05, 0.1) is 16.8 Å². The summed E-state index contributed by atoms with van der Waals surface area (Å²) in [6, 6.07) is 5.07. The van der Waals surface area contributed by atoms with Crippen LogP contribution in [0, 0.1) is 10.1 Å². The van der Waals surface area contributed by atoms with Crippen molar-refractivity contribution in [3.63, 3.8) is 0 Å². The summed E-state index contributed by atoms with van der Waals surface area (Å²) in [4.78, 5) is 27.0. The molecule has 0 fully saturated rings. The first kappa shape index (κ1) is 14.7. The van der Waals surface area contributed by atoms with Crippen molar-refractivity contribution in [1.29, 1.82) is 0 Å². The zero-order valence-electron chi connectivity index (χ0n) is 12.5. The van der Waals surface area contributed by atoms with E-state index in [4.69, 9.17) is 0 Å². The van der Waals surface area contributed by atoms with Crippen LogP contribution in [0.15, 0.2) is 41.6 Å². The van der Waals surface area contributed by atoms with Gasteiger partial charge < -0.3 is 5.32 Å². The van der Waals surface area contributed by atoms with Gasteiger partial charge in [-0.1, -0.05) is 6.07 Å². The Morgan fingerprint density at radius 3 is 2.78 bits per heavy atom. The van der Waals surface area contributed by atoms with Gasteiger partial charge in [0.15, 0.2) is 0 Å². The Balaban J connectivity index is 2.13. The normalized spacial score (nSPS) is 11.1. The van der Waals surface area contributed by atoms with Crippen molar-refractivity contribution in [3.05, 3.63) is 57.3 Å². The lowest BCUT2D eigenvalue weighted by atomic mass is 10.4. The zero-order valence-corrected chi connectivity index (χ0v) is 12.5. The maximum atomic E-state index is 12.3. The molecule has 0 saturated heterocycles. The number of fused-ring (bicyclic) bond motifs is 1. The molecule has 0 atom stereocenters. The summed E-state index contributed by atoms with van der Waals surface area (Å²) in [5, 5.41) is 18.2. The molecule has 0 radical (unpaired) electrons. The summed E-state index contributed by atoms with van der Waals surface area (Å²) >= 11 is 0. The van der Waals surface area contributed by atoms with E-state index in [1.165, 1.54) is 12.4 Å². The molecule has 0 aliphatic heterocycles. The summed E-state index contributed by atoms with van der Waals surface area (Å²) < 4.78 is 2.84. The molecule has 3 heterocycles. The van der Waals surface area contributed by atoms with E-state index in [0.29, 0.717) is 11.3 Å². The first-order valence-electron chi connectivity index (χ1n) is 6.94. The number of aromatic nitrogens is 4. The molecular weight excluding hydrogens is 300 g/mol. The third kappa shape index (κ3) is 2.63. The van der Waals surface area contributed by atoms with E-state index in [0.717, 1.165) is 4.40 Å². The van der Waals surface area contributed by atoms with Gasteiger partial charge in [-0.25, -0.2) is 4.98 Å². The van der Waals surface area contributed by atoms with Crippen LogP contribution in [0.1, 0.15) is 19.9 Å². The second kappa shape index (κ2) is 5.52. The van der Waals surface area contributed by atoms with Crippen LogP contribution in [0.3, 0.4) is 0 Å². The molecule has 1 N–H and O–H groups in total. The highest BCUT2D eigenvalue weighted by atomic mass is 16.6. The van der Waals surface area contributed by atoms with Crippen molar-refractivity contribution in [3.8, 4) is 0 Å². The Kier molecular flexibility index (Phi) is 3.53. The molecular formula is C14H14N6O3. The van der Waals surface area contributed by atoms with Crippen molar-refractivity contribution < 1.29 is 4.92 Å². The van der Waals surface area contributed by atoms with Gasteiger partial charge >= 0.3 is 11.2 Å². The summed E-state index contributed by atoms with van der Waals surface area (Å²) in [5.74, 6) is -0.102. The lowest BCUT2D eigenvalue weighted by Gasteiger charge is -2.06. The molecule has 9 nitrogen and oxygen atoms in total. The quantitative estimate of drug-likeness (QED) is 0.584. The van der Waals surface area contributed by atoms with Crippen molar-refractivity contribution in [2.45, 2.75) is 19.9 Å². The van der Waals surface area contributed by atoms with Gasteiger partial charge in [-0.3, -0.25) is 24.0 Å². The van der Waals surface area contributed by atoms with E-state index in [-0.39, 0.29) is 11.9 Å². The predicted molar refractivity (Wildman–Crippen MR) is 84.0 cm³/mol. The number of nitrogens with one attached hydrogen (secondary N) is 1. The molecule has 9 heteroatoms. The summed E-state index contributed by atoms with van der Waals surface area (Å²) in [6.07, 6.45) is 4.67. The molecule has 3 aromatic heterocycles. The number of nitro groups is 1. The van der Waals surface area contributed by atoms with Crippen LogP contribution in [0.4, 0.5) is 17.2 Å². The maximum Gasteiger partial charge on any atom is 0.376 e. The maximum absolute atomic E-state index is 12.3. The molecule has 0 aliphatic carbocycles. The minimum absolute atomic E-state index is 0.102. The van der Waals surface area contributed by atoms with Crippen LogP contribution in [0.25, 0.3) is 5.65 Å². The van der Waals surface area contributed by atoms with Crippen LogP contribution in [0.5, 0.6) is 0 Å². The second-order valence-electron chi connectivity index (χ2n) is 5.23. The van der Waals surface area contributed by atoms with Crippen molar-refractivity contribution >= 4 is 22.8 Å². The Bertz CT molecular complexity index is 943. The van der Waals surface area contributed by atoms with E-state index in [2.05, 4.69) is 15.4 Å². The minimum atomic E-state index is -0.737. The van der Waals surface area contributed by atoms with Crippen molar-refractivity contribution in [1.82, 2.24) is 19.2 Å². The van der Waals surface area contributed by atoms with E-state index in [9.17, 15) is 14.9 Å². The molecule has 23 heavy (non-hydrogen) atoms. The highest BCUT2D eigenvalue weighted by Gasteiger charge is 2.23. The van der Waals surface area contributed by atoms with Gasteiger partial charge in [-0.15, -0.1) is 0 Å². The van der Waals surface area contributed by atoms with Crippen molar-refractivity contribution in [2.75, 3.05) is 5.32 Å². The molecule has 0 aliphatic rings. The van der Waals surface area contributed by atoms with Gasteiger partial charge in [0.2, 0.25) is 5.82 Å². The molecule has 0 amide bonds. The van der Waals surface area contributed by atoms with Crippen LogP contribution in [-0.4, -0.2) is 24.1 Å². The van der Waals surface area contributed by atoms with Gasteiger partial charge in [0.25, 0.3) is 0 Å². The Labute approximate surface area is 130 Å². The van der Waals surface area contributed by atoms with Crippen LogP contribution < -0.4 is 10.9 Å². The minimum Gasteiger partial charge on any atom is -0.332 e. The van der Waals surface area contributed by atoms with Crippen LogP contribution >= 0.6 is 0 Å². The molecule has 3 rings (SSSR count). The fourth-order valence-corrected chi connectivity index (χ4v) is 2.15. The fourth-order valence-electron chi connectivity index (χ4n) is 2.15. The second-order valence-corrected chi connectivity index (χ2v) is 5.23. The molecule has 0 saturated carbocycles. The zero-order chi connectivity index (χ0) is 16.6. The average molecular weight is 314 g/mol. The first-order chi connectivity index (χ1) is 11.0. The van der Waals surface area contributed by atoms with E-state index < -0.39 is 16.2 Å². The monoisotopic (exact) mass is 314 g/mol. The van der Waals surface area contributed by atoms with Crippen molar-refractivity contribution in [2.24, 2.45) is 0 Å². The summed E-state index contributed by atoms with van der Waals surface area (Å²) in [7, 11) is 0. The molecule has 0 aromatic carbocycles. The van der Waals surface area contributed by atoms with E-state index in [1.807, 2.05) is 13.8 Å². The largest absolute Gasteiger partial charge is 0.376 e. The van der Waals surface area contributed by atoms with Crippen LogP contribution in [-0.2, 0) is 0 Å². The highest BCUT2D eigenvalue weighted by Crippen LogP contribution is 2.23. The number of anilines is 2. The van der Waals surface area contributed by atoms with E-state index >= 15 is 0 Å². The standard InChI is InChI=1S/C14H14N6O3/c1-9(2)19-8-10(7-15-19)16-13-12(20(22)23)14(21)18-6-4-3-5-11(18)17-13/h3-9,16H,1-2H3. The lowest BCUT2D eigenvalue weighted by Crippen LogP contribution is -2.20. The van der Waals surface area contributed by atoms with Gasteiger partial charge in [0, 0.05) is 18.4 Å². The molecule has 0 unspecified atom stereocenters. The number of hydrogen-bond donors (Lipinski definition) is 1. The Morgan fingerprint density at radius 1 is 1.35 bits per heavy atom. The Morgan fingerprint density at radius 2 is 2.13 bits per heavy atom. The topological polar surface area (TPSA) is 107 Å². The average Bonchev–Trinajstić information content (AvgIpc) is 2.96. The smallest absolute Gasteiger partial charge is 0.332 e. The Hall–Kier alpha value is -3.23. The third-order valence-corrected chi connectivity index (χ3v) is 3.29. The van der Waals surface area contributed by atoms with Gasteiger partial charge in [-0.2, -0.15) is 5.10 Å². The lowest BCUT2D eigenvalue weighted by molar-refractivity contribution is -0.385. The van der Waals surface area contributed by atoms with E-state index in [1.54, 1.807) is 29.1 Å². The predicted octanol–water partition coefficient (Wildman–Crippen LogP) is 2.12. The summed E-state index contributed by atoms with van der Waals surface area (Å²) in [5.41, 5.74) is -0.499. The number of hydrogen-bond acceptors (Lipinski definition) is 6. The highest BCUT2D eigenvalue weighted by molar-refractivity contribution is 5.66. The van der Waals surface area contributed by atoms with Crippen LogP contribution in [0.2, 0.25) is 0 Å². The molecule has 118 valence electrons. The molecule has 0 spiro atoms. The fraction of sp³-hybridized carbons (Fsp3) is 0.214. The van der Waals surface area contributed by atoms with Gasteiger partial charge in [0.1, 0.15) is 5.65 Å². The number of rotatable bonds is 4. The SMILES string of the molecule is CC(C)n1cc(Nc2nc3ccccn3c(=O)c2[N+](=O)[O-])cn1. The molecule has 0 bridgehead atoms. The number of pyridine rings is 1.